The van der Waals surface area contributed by atoms with Gasteiger partial charge in [-0.2, -0.15) is 0 Å². The molecule has 2 aromatic rings. The highest BCUT2D eigenvalue weighted by Crippen LogP contribution is 2.36. The zero-order valence-electron chi connectivity index (χ0n) is 9.84. The predicted octanol–water partition coefficient (Wildman–Crippen LogP) is 5.55. The van der Waals surface area contributed by atoms with Crippen molar-refractivity contribution < 1.29 is 0 Å². The molecule has 1 unspecified atom stereocenters. The Bertz CT molecular complexity index is 519. The predicted molar refractivity (Wildman–Crippen MR) is 85.3 cm³/mol. The third-order valence-electron chi connectivity index (χ3n) is 2.78. The van der Waals surface area contributed by atoms with Crippen LogP contribution in [0.25, 0.3) is 0 Å². The van der Waals surface area contributed by atoms with Crippen molar-refractivity contribution in [2.24, 2.45) is 0 Å². The lowest BCUT2D eigenvalue weighted by Crippen LogP contribution is -1.95. The van der Waals surface area contributed by atoms with Crippen LogP contribution in [0.2, 0.25) is 0 Å². The van der Waals surface area contributed by atoms with Crippen LogP contribution in [0, 0.1) is 10.5 Å². The first-order valence-corrected chi connectivity index (χ1v) is 7.94. The zero-order valence-corrected chi connectivity index (χ0v) is 13.6. The van der Waals surface area contributed by atoms with Crippen molar-refractivity contribution in [1.82, 2.24) is 0 Å². The van der Waals surface area contributed by atoms with Crippen LogP contribution in [0.15, 0.2) is 30.3 Å². The summed E-state index contributed by atoms with van der Waals surface area (Å²) in [5.41, 5.74) is 2.51. The van der Waals surface area contributed by atoms with E-state index in [-0.39, 0.29) is 5.38 Å². The first-order valence-electron chi connectivity index (χ1n) is 5.61. The molecule has 0 nitrogen and oxygen atoms in total. The summed E-state index contributed by atoms with van der Waals surface area (Å²) in [6.07, 6.45) is 1.08. The summed E-state index contributed by atoms with van der Waals surface area (Å²) >= 11 is 10.8. The molecule has 0 amide bonds. The smallest absolute Gasteiger partial charge is 0.0938 e. The van der Waals surface area contributed by atoms with Crippen molar-refractivity contribution in [3.05, 3.63) is 54.8 Å². The van der Waals surface area contributed by atoms with Gasteiger partial charge in [0.2, 0.25) is 0 Å². The van der Waals surface area contributed by atoms with Crippen LogP contribution in [0.4, 0.5) is 0 Å². The van der Waals surface area contributed by atoms with Crippen LogP contribution in [-0.2, 0) is 6.42 Å². The van der Waals surface area contributed by atoms with E-state index < -0.39 is 0 Å². The van der Waals surface area contributed by atoms with E-state index in [4.69, 9.17) is 11.6 Å². The van der Waals surface area contributed by atoms with Crippen LogP contribution in [0.1, 0.15) is 33.2 Å². The summed E-state index contributed by atoms with van der Waals surface area (Å²) < 4.78 is 1.27. The Morgan fingerprint density at radius 1 is 1.29 bits per heavy atom. The first-order chi connectivity index (χ1) is 8.13. The molecule has 0 saturated carbocycles. The molecule has 0 aliphatic heterocycles. The highest BCUT2D eigenvalue weighted by molar-refractivity contribution is 14.1. The number of halogens is 2. The maximum atomic E-state index is 6.58. The Morgan fingerprint density at radius 2 is 2.06 bits per heavy atom. The van der Waals surface area contributed by atoms with Gasteiger partial charge in [-0.1, -0.05) is 25.1 Å². The topological polar surface area (TPSA) is 0 Å². The van der Waals surface area contributed by atoms with E-state index in [9.17, 15) is 0 Å². The number of benzene rings is 1. The van der Waals surface area contributed by atoms with Crippen LogP contribution < -0.4 is 0 Å². The molecule has 1 aromatic heterocycles. The van der Waals surface area contributed by atoms with Gasteiger partial charge < -0.3 is 0 Å². The van der Waals surface area contributed by atoms with Gasteiger partial charge in [-0.25, -0.2) is 0 Å². The standard InChI is InChI=1S/C14H14ClIS/c1-3-10-7-8-12(17-10)13(15)11-6-4-5-9(2)14(11)16/h4-8,13H,3H2,1-2H3. The van der Waals surface area contributed by atoms with Crippen LogP contribution in [0.5, 0.6) is 0 Å². The largest absolute Gasteiger partial charge is 0.143 e. The zero-order chi connectivity index (χ0) is 12.4. The van der Waals surface area contributed by atoms with Crippen molar-refractivity contribution in [3.8, 4) is 0 Å². The average Bonchev–Trinajstić information content (AvgIpc) is 2.80. The number of alkyl halides is 1. The maximum absolute atomic E-state index is 6.58. The van der Waals surface area contributed by atoms with Gasteiger partial charge in [-0.15, -0.1) is 22.9 Å². The second-order valence-electron chi connectivity index (χ2n) is 4.00. The molecule has 0 N–H and O–H groups in total. The fourth-order valence-electron chi connectivity index (χ4n) is 1.74. The molecular formula is C14H14ClIS. The maximum Gasteiger partial charge on any atom is 0.0938 e. The highest BCUT2D eigenvalue weighted by atomic mass is 127. The van der Waals surface area contributed by atoms with Crippen molar-refractivity contribution in [2.45, 2.75) is 25.6 Å². The minimum Gasteiger partial charge on any atom is -0.143 e. The monoisotopic (exact) mass is 376 g/mol. The summed E-state index contributed by atoms with van der Waals surface area (Å²) in [4.78, 5) is 2.64. The van der Waals surface area contributed by atoms with Gasteiger partial charge >= 0.3 is 0 Å². The van der Waals surface area contributed by atoms with Crippen molar-refractivity contribution >= 4 is 45.5 Å². The summed E-state index contributed by atoms with van der Waals surface area (Å²) in [5.74, 6) is 0. The van der Waals surface area contributed by atoms with Gasteiger partial charge in [0.25, 0.3) is 0 Å². The molecule has 0 aliphatic carbocycles. The second kappa shape index (κ2) is 5.72. The Balaban J connectivity index is 2.36. The summed E-state index contributed by atoms with van der Waals surface area (Å²) in [6, 6.07) is 10.7. The van der Waals surface area contributed by atoms with Gasteiger partial charge in [0, 0.05) is 13.3 Å². The van der Waals surface area contributed by atoms with Gasteiger partial charge in [-0.05, 0) is 59.2 Å². The lowest BCUT2D eigenvalue weighted by atomic mass is 10.1. The number of thiophene rings is 1. The number of rotatable bonds is 3. The quantitative estimate of drug-likeness (QED) is 0.486. The van der Waals surface area contributed by atoms with Crippen molar-refractivity contribution in [2.75, 3.05) is 0 Å². The molecular weight excluding hydrogens is 363 g/mol. The molecule has 0 radical (unpaired) electrons. The highest BCUT2D eigenvalue weighted by Gasteiger charge is 2.16. The number of aryl methyl sites for hydroxylation is 2. The van der Waals surface area contributed by atoms with Gasteiger partial charge in [0.1, 0.15) is 0 Å². The summed E-state index contributed by atoms with van der Waals surface area (Å²) in [7, 11) is 0. The minimum atomic E-state index is -0.0212. The van der Waals surface area contributed by atoms with Gasteiger partial charge in [0.05, 0.1) is 5.38 Å². The number of hydrogen-bond acceptors (Lipinski definition) is 1. The molecule has 17 heavy (non-hydrogen) atoms. The molecule has 1 atom stereocenters. The Hall–Kier alpha value is -0.0600. The third kappa shape index (κ3) is 2.85. The molecule has 0 aliphatic rings. The van der Waals surface area contributed by atoms with E-state index in [1.807, 2.05) is 11.3 Å². The SMILES string of the molecule is CCc1ccc(C(Cl)c2cccc(C)c2I)s1. The second-order valence-corrected chi connectivity index (χ2v) is 6.71. The lowest BCUT2D eigenvalue weighted by molar-refractivity contribution is 1.15. The Kier molecular flexibility index (Phi) is 4.50. The summed E-state index contributed by atoms with van der Waals surface area (Å²) in [5, 5.41) is -0.0212. The van der Waals surface area contributed by atoms with E-state index in [1.165, 1.54) is 24.5 Å². The van der Waals surface area contributed by atoms with E-state index >= 15 is 0 Å². The molecule has 0 saturated heterocycles. The normalized spacial score (nSPS) is 12.7. The lowest BCUT2D eigenvalue weighted by Gasteiger charge is -2.11. The van der Waals surface area contributed by atoms with Crippen LogP contribution in [-0.4, -0.2) is 0 Å². The van der Waals surface area contributed by atoms with Gasteiger partial charge in [0.15, 0.2) is 0 Å². The summed E-state index contributed by atoms with van der Waals surface area (Å²) in [6.45, 7) is 4.30. The molecule has 3 heteroatoms. The average molecular weight is 377 g/mol. The fourth-order valence-corrected chi connectivity index (χ4v) is 3.93. The molecule has 1 aromatic carbocycles. The van der Waals surface area contributed by atoms with E-state index in [0.717, 1.165) is 6.42 Å². The molecule has 0 bridgehead atoms. The van der Waals surface area contributed by atoms with E-state index in [0.29, 0.717) is 0 Å². The fraction of sp³-hybridized carbons (Fsp3) is 0.286. The van der Waals surface area contributed by atoms with E-state index in [1.54, 1.807) is 0 Å². The molecule has 0 spiro atoms. The Labute approximate surface area is 125 Å². The molecule has 1 heterocycles. The van der Waals surface area contributed by atoms with Crippen molar-refractivity contribution in [1.29, 1.82) is 0 Å². The molecule has 2 rings (SSSR count). The Morgan fingerprint density at radius 3 is 2.71 bits per heavy atom. The van der Waals surface area contributed by atoms with E-state index in [2.05, 4.69) is 66.8 Å². The van der Waals surface area contributed by atoms with Gasteiger partial charge in [-0.3, -0.25) is 0 Å². The minimum absolute atomic E-state index is 0.0212. The first kappa shape index (κ1) is 13.4. The van der Waals surface area contributed by atoms with Crippen molar-refractivity contribution in [3.63, 3.8) is 0 Å². The van der Waals surface area contributed by atoms with Crippen LogP contribution >= 0.6 is 45.5 Å². The van der Waals surface area contributed by atoms with Crippen LogP contribution in [0.3, 0.4) is 0 Å². The number of hydrogen-bond donors (Lipinski definition) is 0. The third-order valence-corrected chi connectivity index (χ3v) is 6.14. The molecule has 90 valence electrons. The molecule has 0 fully saturated rings.